The van der Waals surface area contributed by atoms with Crippen LogP contribution in [0.5, 0.6) is 17.2 Å². The van der Waals surface area contributed by atoms with Crippen LogP contribution in [0.2, 0.25) is 0 Å². The summed E-state index contributed by atoms with van der Waals surface area (Å²) in [7, 11) is 1.32. The highest BCUT2D eigenvalue weighted by Crippen LogP contribution is 2.39. The minimum Gasteiger partial charge on any atom is -0.507 e. The third kappa shape index (κ3) is 22.0. The van der Waals surface area contributed by atoms with Crippen LogP contribution in [0, 0.1) is 123 Å². The molecule has 11 amide bonds. The first-order chi connectivity index (χ1) is 61.1. The number of rotatable bonds is 15. The number of aliphatic hydroxyl groups excluding tert-OH is 3. The predicted octanol–water partition coefficient (Wildman–Crippen LogP) is 4.74. The van der Waals surface area contributed by atoms with E-state index in [1.165, 1.54) is 114 Å². The highest BCUT2D eigenvalue weighted by atomic mass is 19.2. The van der Waals surface area contributed by atoms with E-state index in [9.17, 15) is 154 Å². The van der Waals surface area contributed by atoms with Gasteiger partial charge in [0.1, 0.15) is 47.5 Å². The quantitative estimate of drug-likeness (QED) is 0.0286. The van der Waals surface area contributed by atoms with Gasteiger partial charge in [0.2, 0.25) is 58.8 Å². The monoisotopic (exact) mass is 1850 g/mol. The fourth-order valence-corrected chi connectivity index (χ4v) is 15.0. The molecule has 0 aromatic heterocycles. The van der Waals surface area contributed by atoms with Crippen LogP contribution in [0.25, 0.3) is 0 Å². The third-order valence-electron chi connectivity index (χ3n) is 23.2. The van der Waals surface area contributed by atoms with Gasteiger partial charge in [-0.15, -0.1) is 0 Å². The van der Waals surface area contributed by atoms with Gasteiger partial charge < -0.3 is 93.4 Å². The molecule has 0 radical (unpaired) electrons. The first kappa shape index (κ1) is 99.4. The second-order valence-corrected chi connectivity index (χ2v) is 32.5. The molecule has 0 bridgehead atoms. The summed E-state index contributed by atoms with van der Waals surface area (Å²) >= 11 is 0. The van der Waals surface area contributed by atoms with Crippen molar-refractivity contribution in [3.63, 3.8) is 0 Å². The first-order valence-corrected chi connectivity index (χ1v) is 40.5. The fraction of sp³-hybridized carbons (Fsp3) is 0.435. The molecule has 30 nitrogen and oxygen atoms in total. The molecule has 3 saturated carbocycles. The number of carbonyl (C=O) groups is 12. The number of phenolic OH excluding ortho intramolecular Hbond substituents is 3. The van der Waals surface area contributed by atoms with E-state index >= 15 is 0 Å². The van der Waals surface area contributed by atoms with Crippen molar-refractivity contribution in [3.05, 3.63) is 193 Å². The van der Waals surface area contributed by atoms with Gasteiger partial charge in [-0.3, -0.25) is 57.5 Å². The van der Waals surface area contributed by atoms with E-state index in [1.54, 1.807) is 0 Å². The van der Waals surface area contributed by atoms with Crippen LogP contribution in [0.15, 0.2) is 72.8 Å². The second-order valence-electron chi connectivity index (χ2n) is 32.5. The summed E-state index contributed by atoms with van der Waals surface area (Å²) in [5, 5.41) is 87.6. The maximum Gasteiger partial charge on any atom is 0.312 e. The van der Waals surface area contributed by atoms with Gasteiger partial charge in [-0.1, -0.05) is 50.2 Å². The zero-order valence-electron chi connectivity index (χ0n) is 69.5. The van der Waals surface area contributed by atoms with Crippen molar-refractivity contribution >= 4 is 70.9 Å². The average Bonchev–Trinajstić information content (AvgIpc) is 1.65. The number of ether oxygens (including phenoxy) is 1. The molecule has 45 heteroatoms. The van der Waals surface area contributed by atoms with Crippen LogP contribution in [-0.2, 0) is 67.2 Å². The Bertz CT molecular complexity index is 5120. The van der Waals surface area contributed by atoms with E-state index in [4.69, 9.17) is 4.74 Å². The molecule has 18 atom stereocenters. The molecular weight excluding hydrogens is 1760 g/mol. The molecule has 3 unspecified atom stereocenters. The summed E-state index contributed by atoms with van der Waals surface area (Å²) < 4.78 is 218. The average molecular weight is 1850 g/mol. The van der Waals surface area contributed by atoms with Gasteiger partial charge in [-0.25, -0.2) is 65.9 Å². The van der Waals surface area contributed by atoms with Crippen LogP contribution in [0.3, 0.4) is 0 Å². The maximum absolute atomic E-state index is 14.7. The van der Waals surface area contributed by atoms with Crippen LogP contribution < -0.4 is 53.2 Å². The maximum atomic E-state index is 14.7. The summed E-state index contributed by atoms with van der Waals surface area (Å²) in [6.07, 6.45) is -7.37. The van der Waals surface area contributed by atoms with Gasteiger partial charge in [-0.2, -0.15) is 0 Å². The topological polar surface area (TPSA) is 459 Å². The first-order valence-electron chi connectivity index (χ1n) is 40.5. The Balaban J connectivity index is 0.000000203. The van der Waals surface area contributed by atoms with Crippen molar-refractivity contribution in [2.45, 2.75) is 190 Å². The number of para-hydroxylation sites is 3. The number of cyclic esters (lactones) is 1. The molecule has 0 spiro atoms. The Morgan fingerprint density at radius 3 is 0.954 bits per heavy atom. The molecule has 3 saturated heterocycles. The number of halogens is 15. The Hall–Kier alpha value is -12.8. The number of likely N-dealkylation sites (N-methyl/N-ethyl adjacent to an activating group) is 1. The van der Waals surface area contributed by atoms with Crippen LogP contribution >= 0.6 is 0 Å². The molecular formula is C85H88F15N11O19. The van der Waals surface area contributed by atoms with Crippen LogP contribution in [-0.4, -0.2) is 204 Å². The Morgan fingerprint density at radius 2 is 0.638 bits per heavy atom. The molecule has 3 aliphatic carbocycles. The largest absolute Gasteiger partial charge is 0.507 e. The van der Waals surface area contributed by atoms with E-state index in [0.717, 1.165) is 11.8 Å². The molecule has 130 heavy (non-hydrogen) atoms. The fourth-order valence-electron chi connectivity index (χ4n) is 15.0. The molecule has 6 aromatic rings. The molecule has 6 fully saturated rings. The number of aromatic hydroxyl groups is 3. The van der Waals surface area contributed by atoms with Gasteiger partial charge in [0.05, 0.1) is 89.0 Å². The second kappa shape index (κ2) is 41.3. The smallest absolute Gasteiger partial charge is 0.312 e. The summed E-state index contributed by atoms with van der Waals surface area (Å²) in [5.41, 5.74) is -4.81. The number of aliphatic hydroxyl groups is 3. The Labute approximate surface area is 728 Å². The van der Waals surface area contributed by atoms with E-state index in [2.05, 4.69) is 53.2 Å². The highest BCUT2D eigenvalue weighted by Gasteiger charge is 2.50. The Morgan fingerprint density at radius 1 is 0.354 bits per heavy atom. The van der Waals surface area contributed by atoms with E-state index < -0.39 is 320 Å². The number of benzene rings is 6. The molecule has 16 N–H and O–H groups in total. The van der Waals surface area contributed by atoms with Crippen LogP contribution in [0.1, 0.15) is 128 Å². The number of nitrogens with one attached hydrogen (secondary N) is 10. The SMILES string of the molecule is C[C@H]1NC(=O)C(C2CC2)N(C)C(=O)[C@H](C)[C@H](O)[C@H](Cc2c(F)c(F)c(F)c(F)c2F)NC(=O)[C@H]1NC(=O)c1ccccc1O.C[C@H]1NC(=O)C(C2CC2)NC(=O)[C@H](C)[C@H](O)[C@H](Cc2c(F)c(F)c(F)c(F)c2F)NC(=O)[C@H]1NC(=O)c1ccccc1O.C[C@H]1NC(=O)C(C2CC2)OC(=O)[C@H](C)[C@H](O)[C@H](Cc2c(F)c(F)c(F)c(F)c2F)NC(=O)[C@H]1NC(=O)c1ccccc1O. The van der Waals surface area contributed by atoms with Crippen molar-refractivity contribution in [1.29, 1.82) is 0 Å². The number of hydrogen-bond acceptors (Lipinski definition) is 19. The van der Waals surface area contributed by atoms with Gasteiger partial charge in [0.15, 0.2) is 75.9 Å². The van der Waals surface area contributed by atoms with Crippen molar-refractivity contribution < 1.29 is 159 Å². The molecule has 3 heterocycles. The summed E-state index contributed by atoms with van der Waals surface area (Å²) in [4.78, 5) is 160. The zero-order valence-corrected chi connectivity index (χ0v) is 69.5. The minimum absolute atomic E-state index is 0.238. The summed E-state index contributed by atoms with van der Waals surface area (Å²) in [5.74, 6) is -51.8. The van der Waals surface area contributed by atoms with Gasteiger partial charge in [0, 0.05) is 48.9 Å². The lowest BCUT2D eigenvalue weighted by atomic mass is 9.90. The van der Waals surface area contributed by atoms with Crippen molar-refractivity contribution in [1.82, 2.24) is 58.1 Å². The molecule has 6 aromatic carbocycles. The number of amides is 11. The normalized spacial score (nSPS) is 26.8. The lowest BCUT2D eigenvalue weighted by molar-refractivity contribution is -0.165. The minimum atomic E-state index is -2.42. The zero-order chi connectivity index (χ0) is 96.1. The van der Waals surface area contributed by atoms with Gasteiger partial charge in [0.25, 0.3) is 23.6 Å². The van der Waals surface area contributed by atoms with Crippen molar-refractivity contribution in [2.75, 3.05) is 7.05 Å². The van der Waals surface area contributed by atoms with Gasteiger partial charge in [-0.05, 0) is 114 Å². The number of esters is 1. The van der Waals surface area contributed by atoms with Crippen molar-refractivity contribution in [2.24, 2.45) is 35.5 Å². The molecule has 6 aliphatic rings. The highest BCUT2D eigenvalue weighted by molar-refractivity contribution is 6.02. The molecule has 3 aliphatic heterocycles. The molecule has 12 rings (SSSR count). The molecule has 702 valence electrons. The lowest BCUT2D eigenvalue weighted by Gasteiger charge is -2.37. The van der Waals surface area contributed by atoms with E-state index in [1.807, 2.05) is 0 Å². The summed E-state index contributed by atoms with van der Waals surface area (Å²) in [6, 6.07) is -0.283. The predicted molar refractivity (Wildman–Crippen MR) is 419 cm³/mol. The Kier molecular flexibility index (Phi) is 31.6. The number of carbonyl (C=O) groups excluding carboxylic acids is 12. The van der Waals surface area contributed by atoms with E-state index in [-0.39, 0.29) is 34.4 Å². The van der Waals surface area contributed by atoms with Crippen molar-refractivity contribution in [3.8, 4) is 17.2 Å². The standard InChI is InChI=1S/C29H31F5N4O6.C28H29F5N4O6.C28H28F5N3O7/c1-11-25(40)16(10-15-18(30)20(32)22(34)21(33)19(15)31)36-27(42)23(37-26(41)14-6-4-5-7-17(14)39)12(2)35-28(43)24(13-8-9-13)38(3)29(11)44;1-10-24(39)15(9-14-17(29)19(31)21(33)20(32)18(14)30)35-27(42)22(36-26(41)13-5-3-4-6-16(13)38)11(2)34-28(43)23(12-7-8-12)37-25(10)40;1-10-23(38)15(9-14-17(29)19(31)21(33)20(32)18(14)30)35-26(40)22(36-25(39)13-5-3-4-6-16(13)37)11(2)34-27(41)24(12-7-8-12)43-28(10)42/h4-7,11-13,16,23-25,39-40H,8-10H2,1-3H3,(H,35,43)(H,36,42)(H,37,41);3-6,10-12,15,22-24,38-39H,7-9H2,1-2H3,(H,34,43)(H,35,42)(H,36,41)(H,37,40);3-6,10-12,15,22-24,37-38H,7-9H2,1-2H3,(H,34,41)(H,35,40)(H,36,39)/t11-,12-,16+,23+,24?,25+;10-,11-,15+,22+,23?,24+;10-,11-,15+,22+,23+,24?/m111/s1. The number of phenols is 3. The van der Waals surface area contributed by atoms with E-state index in [0.29, 0.717) is 38.5 Å². The van der Waals surface area contributed by atoms with Gasteiger partial charge >= 0.3 is 5.97 Å². The lowest BCUT2D eigenvalue weighted by Crippen LogP contribution is -2.64. The number of hydrogen-bond donors (Lipinski definition) is 16. The number of nitrogens with zero attached hydrogens (tertiary/aromatic N) is 1. The van der Waals surface area contributed by atoms with Crippen LogP contribution in [0.4, 0.5) is 65.9 Å². The summed E-state index contributed by atoms with van der Waals surface area (Å²) in [6.45, 7) is 7.52. The third-order valence-corrected chi connectivity index (χ3v) is 23.2.